The number of benzene rings is 1. The first-order valence-corrected chi connectivity index (χ1v) is 7.57. The van der Waals surface area contributed by atoms with Crippen LogP contribution in [0.3, 0.4) is 0 Å². The van der Waals surface area contributed by atoms with E-state index >= 15 is 0 Å². The molecule has 1 aliphatic carbocycles. The van der Waals surface area contributed by atoms with Crippen LogP contribution in [0, 0.1) is 5.82 Å². The summed E-state index contributed by atoms with van der Waals surface area (Å²) in [5, 5.41) is 3.79. The summed E-state index contributed by atoms with van der Waals surface area (Å²) in [4.78, 5) is 12.3. The number of carbonyl (C=O) groups is 1. The van der Waals surface area contributed by atoms with Gasteiger partial charge in [-0.25, -0.2) is 4.39 Å². The highest BCUT2D eigenvalue weighted by Gasteiger charge is 2.32. The number of Topliss-reactive ketones (excluding diaryl/α,β-unsaturated/α-hetero) is 1. The zero-order chi connectivity index (χ0) is 14.6. The maximum Gasteiger partial charge on any atom is 0.139 e. The van der Waals surface area contributed by atoms with Gasteiger partial charge in [-0.3, -0.25) is 4.79 Å². The van der Waals surface area contributed by atoms with Gasteiger partial charge in [-0.1, -0.05) is 30.9 Å². The molecule has 2 rings (SSSR count). The van der Waals surface area contributed by atoms with Gasteiger partial charge in [0.05, 0.1) is 0 Å². The quantitative estimate of drug-likeness (QED) is 0.893. The average molecular weight is 298 g/mol. The predicted molar refractivity (Wildman–Crippen MR) is 79.6 cm³/mol. The lowest BCUT2D eigenvalue weighted by atomic mass is 9.78. The summed E-state index contributed by atoms with van der Waals surface area (Å²) in [7, 11) is 1.92. The first kappa shape index (κ1) is 15.5. The van der Waals surface area contributed by atoms with Crippen molar-refractivity contribution in [2.75, 3.05) is 7.05 Å². The van der Waals surface area contributed by atoms with Gasteiger partial charge >= 0.3 is 0 Å². The third kappa shape index (κ3) is 3.80. The molecule has 0 heterocycles. The van der Waals surface area contributed by atoms with E-state index in [1.165, 1.54) is 24.6 Å². The van der Waals surface area contributed by atoms with Crippen LogP contribution < -0.4 is 5.32 Å². The number of rotatable bonds is 5. The van der Waals surface area contributed by atoms with Crippen LogP contribution in [0.25, 0.3) is 0 Å². The summed E-state index contributed by atoms with van der Waals surface area (Å²) in [6, 6.07) is 4.17. The van der Waals surface area contributed by atoms with E-state index in [2.05, 4.69) is 5.32 Å². The van der Waals surface area contributed by atoms with Gasteiger partial charge in [-0.2, -0.15) is 0 Å². The molecule has 1 aromatic carbocycles. The molecule has 0 aromatic heterocycles. The molecule has 1 aromatic rings. The summed E-state index contributed by atoms with van der Waals surface area (Å²) in [5.74, 6) is -0.230. The minimum absolute atomic E-state index is 0.0743. The van der Waals surface area contributed by atoms with Gasteiger partial charge in [0.1, 0.15) is 11.6 Å². The Kier molecular flexibility index (Phi) is 5.17. The third-order valence-electron chi connectivity index (χ3n) is 4.27. The molecule has 1 fully saturated rings. The zero-order valence-electron chi connectivity index (χ0n) is 11.8. The average Bonchev–Trinajstić information content (AvgIpc) is 2.44. The second-order valence-electron chi connectivity index (χ2n) is 5.72. The smallest absolute Gasteiger partial charge is 0.139 e. The normalized spacial score (nSPS) is 17.9. The number of hydrogen-bond donors (Lipinski definition) is 1. The summed E-state index contributed by atoms with van der Waals surface area (Å²) < 4.78 is 13.2. The van der Waals surface area contributed by atoms with E-state index in [-0.39, 0.29) is 23.6 Å². The van der Waals surface area contributed by atoms with E-state index in [0.717, 1.165) is 25.7 Å². The van der Waals surface area contributed by atoms with E-state index in [1.807, 2.05) is 7.05 Å². The fraction of sp³-hybridized carbons (Fsp3) is 0.562. The van der Waals surface area contributed by atoms with E-state index in [4.69, 9.17) is 11.6 Å². The maximum atomic E-state index is 13.2. The van der Waals surface area contributed by atoms with Crippen molar-refractivity contribution in [2.24, 2.45) is 0 Å². The number of hydrogen-bond acceptors (Lipinski definition) is 2. The van der Waals surface area contributed by atoms with Crippen LogP contribution in [0.1, 0.15) is 44.1 Å². The van der Waals surface area contributed by atoms with E-state index in [9.17, 15) is 9.18 Å². The second kappa shape index (κ2) is 6.68. The Morgan fingerprint density at radius 3 is 2.70 bits per heavy atom. The highest BCUT2D eigenvalue weighted by molar-refractivity contribution is 6.31. The molecule has 0 atom stereocenters. The Morgan fingerprint density at radius 2 is 2.05 bits per heavy atom. The summed E-state index contributed by atoms with van der Waals surface area (Å²) >= 11 is 6.02. The van der Waals surface area contributed by atoms with Gasteiger partial charge in [-0.05, 0) is 43.7 Å². The van der Waals surface area contributed by atoms with Crippen LogP contribution in [0.15, 0.2) is 18.2 Å². The Bertz CT molecular complexity index is 483. The number of ketones is 1. The van der Waals surface area contributed by atoms with Gasteiger partial charge in [0.25, 0.3) is 0 Å². The molecule has 0 radical (unpaired) electrons. The zero-order valence-corrected chi connectivity index (χ0v) is 12.6. The predicted octanol–water partition coefficient (Wildman–Crippen LogP) is 3.90. The molecule has 20 heavy (non-hydrogen) atoms. The minimum atomic E-state index is -0.349. The molecule has 0 unspecified atom stereocenters. The lowest BCUT2D eigenvalue weighted by Crippen LogP contribution is -2.46. The van der Waals surface area contributed by atoms with Gasteiger partial charge in [0, 0.05) is 23.4 Å². The molecule has 0 aliphatic heterocycles. The summed E-state index contributed by atoms with van der Waals surface area (Å²) in [5.41, 5.74) is 0.508. The highest BCUT2D eigenvalue weighted by Crippen LogP contribution is 2.31. The monoisotopic (exact) mass is 297 g/mol. The van der Waals surface area contributed by atoms with Crippen molar-refractivity contribution in [3.8, 4) is 0 Å². The molecule has 110 valence electrons. The first-order chi connectivity index (χ1) is 9.54. The molecule has 0 bridgehead atoms. The Balaban J connectivity index is 2.02. The van der Waals surface area contributed by atoms with Crippen LogP contribution in [-0.2, 0) is 11.2 Å². The molecular formula is C16H21ClFNO. The van der Waals surface area contributed by atoms with Crippen molar-refractivity contribution in [3.05, 3.63) is 34.6 Å². The molecule has 1 N–H and O–H groups in total. The number of carbonyl (C=O) groups excluding carboxylic acids is 1. The highest BCUT2D eigenvalue weighted by atomic mass is 35.5. The van der Waals surface area contributed by atoms with Crippen molar-refractivity contribution >= 4 is 17.4 Å². The van der Waals surface area contributed by atoms with Crippen molar-refractivity contribution in [1.29, 1.82) is 0 Å². The third-order valence-corrected chi connectivity index (χ3v) is 4.64. The van der Waals surface area contributed by atoms with Crippen LogP contribution in [0.5, 0.6) is 0 Å². The van der Waals surface area contributed by atoms with Crippen LogP contribution in [-0.4, -0.2) is 18.4 Å². The minimum Gasteiger partial charge on any atom is -0.314 e. The van der Waals surface area contributed by atoms with Gasteiger partial charge in [0.2, 0.25) is 0 Å². The van der Waals surface area contributed by atoms with Crippen LogP contribution in [0.4, 0.5) is 4.39 Å². The Morgan fingerprint density at radius 1 is 1.35 bits per heavy atom. The van der Waals surface area contributed by atoms with Gasteiger partial charge < -0.3 is 5.32 Å². The van der Waals surface area contributed by atoms with Crippen molar-refractivity contribution in [2.45, 2.75) is 50.5 Å². The topological polar surface area (TPSA) is 29.1 Å². The van der Waals surface area contributed by atoms with E-state index < -0.39 is 0 Å². The van der Waals surface area contributed by atoms with E-state index in [0.29, 0.717) is 17.0 Å². The second-order valence-corrected chi connectivity index (χ2v) is 6.13. The molecule has 4 heteroatoms. The number of halogens is 2. The molecule has 0 amide bonds. The SMILES string of the molecule is CNC1(CC(=O)Cc2cc(F)ccc2Cl)CCCCC1. The fourth-order valence-corrected chi connectivity index (χ4v) is 3.26. The first-order valence-electron chi connectivity index (χ1n) is 7.19. The molecule has 0 saturated heterocycles. The van der Waals surface area contributed by atoms with Crippen molar-refractivity contribution in [3.63, 3.8) is 0 Å². The fourth-order valence-electron chi connectivity index (χ4n) is 3.07. The molecular weight excluding hydrogens is 277 g/mol. The Labute approximate surface area is 124 Å². The molecule has 1 saturated carbocycles. The molecule has 2 nitrogen and oxygen atoms in total. The largest absolute Gasteiger partial charge is 0.314 e. The van der Waals surface area contributed by atoms with Crippen LogP contribution >= 0.6 is 11.6 Å². The lowest BCUT2D eigenvalue weighted by Gasteiger charge is -2.36. The number of nitrogens with one attached hydrogen (secondary N) is 1. The van der Waals surface area contributed by atoms with Crippen LogP contribution in [0.2, 0.25) is 5.02 Å². The van der Waals surface area contributed by atoms with Gasteiger partial charge in [0.15, 0.2) is 0 Å². The van der Waals surface area contributed by atoms with E-state index in [1.54, 1.807) is 0 Å². The van der Waals surface area contributed by atoms with Gasteiger partial charge in [-0.15, -0.1) is 0 Å². The molecule has 0 spiro atoms. The lowest BCUT2D eigenvalue weighted by molar-refractivity contribution is -0.120. The Hall–Kier alpha value is -0.930. The summed E-state index contributed by atoms with van der Waals surface area (Å²) in [6.45, 7) is 0. The van der Waals surface area contributed by atoms with Crippen molar-refractivity contribution < 1.29 is 9.18 Å². The molecule has 1 aliphatic rings. The maximum absolute atomic E-state index is 13.2. The van der Waals surface area contributed by atoms with Crippen molar-refractivity contribution in [1.82, 2.24) is 5.32 Å². The summed E-state index contributed by atoms with van der Waals surface area (Å²) in [6.07, 6.45) is 6.34. The standard InChI is InChI=1S/C16H21ClFNO/c1-19-16(7-3-2-4-8-16)11-14(20)10-12-9-13(18)5-6-15(12)17/h5-6,9,19H,2-4,7-8,10-11H2,1H3.